The molecule has 1 aliphatic carbocycles. The Balaban J connectivity index is 0.00000280. The fourth-order valence-electron chi connectivity index (χ4n) is 3.21. The molecule has 1 unspecified atom stereocenters. The van der Waals surface area contributed by atoms with Gasteiger partial charge in [0.1, 0.15) is 6.54 Å². The number of hydrogen-bond acceptors (Lipinski definition) is 3. The van der Waals surface area contributed by atoms with E-state index >= 15 is 0 Å². The first-order valence-corrected chi connectivity index (χ1v) is 10.2. The number of fused-ring (bicyclic) bond motifs is 1. The molecule has 0 fully saturated rings. The predicted molar refractivity (Wildman–Crippen MR) is 128 cm³/mol. The SMILES string of the molecule is Cc1ccc(CNC(=NCC(=O)N(C)C)NC2CCc3ccccc3C2)s1.I. The van der Waals surface area contributed by atoms with Gasteiger partial charge in [0, 0.05) is 29.9 Å². The molecule has 1 atom stereocenters. The number of amides is 1. The van der Waals surface area contributed by atoms with Crippen LogP contribution in [0.1, 0.15) is 27.3 Å². The Bertz CT molecular complexity index is 818. The van der Waals surface area contributed by atoms with Gasteiger partial charge in [-0.05, 0) is 49.4 Å². The van der Waals surface area contributed by atoms with Crippen molar-refractivity contribution in [2.75, 3.05) is 20.6 Å². The Morgan fingerprint density at radius 2 is 1.96 bits per heavy atom. The number of aryl methyl sites for hydroxylation is 2. The van der Waals surface area contributed by atoms with Gasteiger partial charge < -0.3 is 15.5 Å². The molecule has 0 aliphatic heterocycles. The van der Waals surface area contributed by atoms with Gasteiger partial charge in [0.25, 0.3) is 0 Å². The molecule has 1 heterocycles. The summed E-state index contributed by atoms with van der Waals surface area (Å²) in [6.45, 7) is 2.97. The monoisotopic (exact) mass is 512 g/mol. The topological polar surface area (TPSA) is 56.7 Å². The van der Waals surface area contributed by atoms with Crippen molar-refractivity contribution in [2.24, 2.45) is 4.99 Å². The van der Waals surface area contributed by atoms with Gasteiger partial charge in [0.2, 0.25) is 5.91 Å². The predicted octanol–water partition coefficient (Wildman–Crippen LogP) is 3.36. The van der Waals surface area contributed by atoms with E-state index in [1.54, 1.807) is 30.3 Å². The molecule has 2 aromatic rings. The maximum Gasteiger partial charge on any atom is 0.243 e. The third-order valence-corrected chi connectivity index (χ3v) is 5.79. The largest absolute Gasteiger partial charge is 0.353 e. The van der Waals surface area contributed by atoms with E-state index in [9.17, 15) is 4.79 Å². The highest BCUT2D eigenvalue weighted by Gasteiger charge is 2.19. The minimum atomic E-state index is -0.00272. The van der Waals surface area contributed by atoms with Crippen LogP contribution in [-0.4, -0.2) is 43.4 Å². The summed E-state index contributed by atoms with van der Waals surface area (Å²) in [7, 11) is 3.51. The lowest BCUT2D eigenvalue weighted by Crippen LogP contribution is -2.46. The quantitative estimate of drug-likeness (QED) is 0.367. The molecule has 28 heavy (non-hydrogen) atoms. The minimum absolute atomic E-state index is 0. The average Bonchev–Trinajstić information content (AvgIpc) is 3.08. The van der Waals surface area contributed by atoms with Gasteiger partial charge in [-0.3, -0.25) is 4.79 Å². The van der Waals surface area contributed by atoms with Crippen LogP contribution in [0.25, 0.3) is 0 Å². The zero-order valence-corrected chi connectivity index (χ0v) is 19.8. The lowest BCUT2D eigenvalue weighted by Gasteiger charge is -2.27. The first-order valence-electron chi connectivity index (χ1n) is 9.38. The van der Waals surface area contributed by atoms with Crippen LogP contribution in [0.3, 0.4) is 0 Å². The van der Waals surface area contributed by atoms with Crippen molar-refractivity contribution in [1.29, 1.82) is 0 Å². The molecule has 3 rings (SSSR count). The van der Waals surface area contributed by atoms with E-state index < -0.39 is 0 Å². The molecule has 5 nitrogen and oxygen atoms in total. The summed E-state index contributed by atoms with van der Waals surface area (Å²) in [6.07, 6.45) is 3.12. The molecule has 0 spiro atoms. The van der Waals surface area contributed by atoms with Crippen molar-refractivity contribution in [3.8, 4) is 0 Å². The summed E-state index contributed by atoms with van der Waals surface area (Å²) in [5, 5.41) is 6.93. The smallest absolute Gasteiger partial charge is 0.243 e. The second kappa shape index (κ2) is 10.8. The summed E-state index contributed by atoms with van der Waals surface area (Å²) in [4.78, 5) is 20.6. The minimum Gasteiger partial charge on any atom is -0.353 e. The second-order valence-electron chi connectivity index (χ2n) is 7.17. The van der Waals surface area contributed by atoms with E-state index in [-0.39, 0.29) is 36.4 Å². The maximum atomic E-state index is 11.9. The molecule has 0 bridgehead atoms. The Labute approximate surface area is 188 Å². The van der Waals surface area contributed by atoms with E-state index in [1.165, 1.54) is 20.9 Å². The molecule has 0 saturated carbocycles. The van der Waals surface area contributed by atoms with Crippen molar-refractivity contribution >= 4 is 47.2 Å². The fraction of sp³-hybridized carbons (Fsp3) is 0.429. The van der Waals surface area contributed by atoms with Crippen molar-refractivity contribution in [3.05, 3.63) is 57.3 Å². The highest BCUT2D eigenvalue weighted by atomic mass is 127. The number of aliphatic imine (C=N–C) groups is 1. The molecule has 0 saturated heterocycles. The number of carbonyl (C=O) groups excluding carboxylic acids is 1. The Morgan fingerprint density at radius 3 is 2.64 bits per heavy atom. The van der Waals surface area contributed by atoms with Crippen molar-refractivity contribution in [1.82, 2.24) is 15.5 Å². The zero-order valence-electron chi connectivity index (χ0n) is 16.7. The van der Waals surface area contributed by atoms with Crippen molar-refractivity contribution < 1.29 is 4.79 Å². The number of carbonyl (C=O) groups is 1. The summed E-state index contributed by atoms with van der Waals surface area (Å²) in [6, 6.07) is 13.2. The number of nitrogens with zero attached hydrogens (tertiary/aromatic N) is 2. The van der Waals surface area contributed by atoms with Crippen molar-refractivity contribution in [2.45, 2.75) is 38.8 Å². The number of halogens is 1. The van der Waals surface area contributed by atoms with Crippen LogP contribution in [0.15, 0.2) is 41.4 Å². The van der Waals surface area contributed by atoms with Gasteiger partial charge in [0.15, 0.2) is 5.96 Å². The molecule has 0 radical (unpaired) electrons. The standard InChI is InChI=1S/C21H28N4OS.HI/c1-15-8-11-19(27-15)13-22-21(23-14-20(26)25(2)3)24-18-10-9-16-6-4-5-7-17(16)12-18;/h4-8,11,18H,9-10,12-14H2,1-3H3,(H2,22,23,24);1H. The van der Waals surface area contributed by atoms with Crippen LogP contribution in [0.5, 0.6) is 0 Å². The number of likely N-dealkylation sites (N-methyl/N-ethyl adjacent to an activating group) is 1. The summed E-state index contributed by atoms with van der Waals surface area (Å²) in [5.74, 6) is 0.706. The molecule has 1 aliphatic rings. The molecule has 1 amide bonds. The second-order valence-corrected chi connectivity index (χ2v) is 8.54. The van der Waals surface area contributed by atoms with Crippen LogP contribution >= 0.6 is 35.3 Å². The molecule has 1 aromatic heterocycles. The Kier molecular flexibility index (Phi) is 8.75. The lowest BCUT2D eigenvalue weighted by molar-refractivity contribution is -0.127. The molecule has 2 N–H and O–H groups in total. The zero-order chi connectivity index (χ0) is 19.2. The Morgan fingerprint density at radius 1 is 1.21 bits per heavy atom. The van der Waals surface area contributed by atoms with Crippen LogP contribution in [-0.2, 0) is 24.2 Å². The van der Waals surface area contributed by atoms with Gasteiger partial charge in [0.05, 0.1) is 6.54 Å². The first kappa shape index (κ1) is 22.7. The number of guanidine groups is 1. The van der Waals surface area contributed by atoms with Gasteiger partial charge >= 0.3 is 0 Å². The average molecular weight is 512 g/mol. The van der Waals surface area contributed by atoms with Crippen molar-refractivity contribution in [3.63, 3.8) is 0 Å². The summed E-state index contributed by atoms with van der Waals surface area (Å²) in [5.41, 5.74) is 2.85. The van der Waals surface area contributed by atoms with Crippen LogP contribution < -0.4 is 10.6 Å². The maximum absolute atomic E-state index is 11.9. The summed E-state index contributed by atoms with van der Waals surface area (Å²) >= 11 is 1.78. The molecule has 152 valence electrons. The number of hydrogen-bond donors (Lipinski definition) is 2. The van der Waals surface area contributed by atoms with E-state index in [2.05, 4.69) is 58.9 Å². The van der Waals surface area contributed by atoms with Gasteiger partial charge in [-0.1, -0.05) is 24.3 Å². The first-order chi connectivity index (χ1) is 13.0. The number of rotatable bonds is 5. The van der Waals surface area contributed by atoms with Crippen LogP contribution in [0, 0.1) is 6.92 Å². The molecular weight excluding hydrogens is 483 g/mol. The van der Waals surface area contributed by atoms with Crippen LogP contribution in [0.4, 0.5) is 0 Å². The number of thiophene rings is 1. The highest BCUT2D eigenvalue weighted by molar-refractivity contribution is 14.0. The molecule has 1 aromatic carbocycles. The fourth-order valence-corrected chi connectivity index (χ4v) is 4.04. The molecular formula is C21H29IN4OS. The van der Waals surface area contributed by atoms with E-state index in [4.69, 9.17) is 0 Å². The van der Waals surface area contributed by atoms with Gasteiger partial charge in [-0.2, -0.15) is 0 Å². The van der Waals surface area contributed by atoms with Crippen LogP contribution in [0.2, 0.25) is 0 Å². The lowest BCUT2D eigenvalue weighted by atomic mass is 9.88. The highest BCUT2D eigenvalue weighted by Crippen LogP contribution is 2.21. The molecule has 7 heteroatoms. The van der Waals surface area contributed by atoms with Gasteiger partial charge in [-0.25, -0.2) is 4.99 Å². The third-order valence-electron chi connectivity index (χ3n) is 4.78. The Hall–Kier alpha value is -1.61. The number of nitrogens with one attached hydrogen (secondary N) is 2. The third kappa shape index (κ3) is 6.48. The van der Waals surface area contributed by atoms with E-state index in [1.807, 2.05) is 0 Å². The number of benzene rings is 1. The van der Waals surface area contributed by atoms with E-state index in [0.717, 1.165) is 19.3 Å². The normalized spacial score (nSPS) is 16.0. The summed E-state index contributed by atoms with van der Waals surface area (Å²) < 4.78 is 0. The van der Waals surface area contributed by atoms with E-state index in [0.29, 0.717) is 18.5 Å². The van der Waals surface area contributed by atoms with Gasteiger partial charge in [-0.15, -0.1) is 35.3 Å².